The van der Waals surface area contributed by atoms with Crippen LogP contribution < -0.4 is 5.32 Å². The summed E-state index contributed by atoms with van der Waals surface area (Å²) < 4.78 is 22.7. The van der Waals surface area contributed by atoms with E-state index in [0.29, 0.717) is 12.8 Å². The van der Waals surface area contributed by atoms with Crippen molar-refractivity contribution in [1.82, 2.24) is 5.32 Å². The minimum atomic E-state index is -1.79. The number of hydrogen-bond acceptors (Lipinski definition) is 13. The summed E-state index contributed by atoms with van der Waals surface area (Å²) in [5.41, 5.74) is 0. The maximum Gasteiger partial charge on any atom is 0.220 e. The van der Waals surface area contributed by atoms with Crippen molar-refractivity contribution in [3.8, 4) is 0 Å². The molecule has 14 heteroatoms. The monoisotopic (exact) mass is 1060 g/mol. The summed E-state index contributed by atoms with van der Waals surface area (Å²) in [5, 5.41) is 86.9. The molecule has 12 atom stereocenters. The molecule has 0 aromatic rings. The lowest BCUT2D eigenvalue weighted by Gasteiger charge is -2.46. The maximum absolute atomic E-state index is 13.2. The van der Waals surface area contributed by atoms with E-state index in [2.05, 4.69) is 92.1 Å². The molecule has 2 saturated heterocycles. The summed E-state index contributed by atoms with van der Waals surface area (Å²) in [6.07, 6.45) is 44.9. The fourth-order valence-corrected chi connectivity index (χ4v) is 9.10. The molecule has 75 heavy (non-hydrogen) atoms. The molecule has 2 aliphatic heterocycles. The van der Waals surface area contributed by atoms with Gasteiger partial charge in [-0.25, -0.2) is 0 Å². The number of hydrogen-bond donors (Lipinski definition) is 9. The van der Waals surface area contributed by atoms with Gasteiger partial charge in [-0.2, -0.15) is 0 Å². The Morgan fingerprint density at radius 3 is 1.47 bits per heavy atom. The van der Waals surface area contributed by atoms with Crippen LogP contribution in [0.3, 0.4) is 0 Å². The van der Waals surface area contributed by atoms with E-state index in [0.717, 1.165) is 70.6 Å². The summed E-state index contributed by atoms with van der Waals surface area (Å²) in [7, 11) is 0. The molecule has 432 valence electrons. The Bertz CT molecular complexity index is 1580. The van der Waals surface area contributed by atoms with Gasteiger partial charge in [-0.1, -0.05) is 202 Å². The number of rotatable bonds is 45. The van der Waals surface area contributed by atoms with Crippen molar-refractivity contribution in [2.24, 2.45) is 0 Å². The fraction of sp³-hybridized carbons (Fsp3) is 0.754. The topological polar surface area (TPSA) is 228 Å². The molecule has 0 aliphatic carbocycles. The number of nitrogens with one attached hydrogen (secondary N) is 1. The van der Waals surface area contributed by atoms with Gasteiger partial charge in [0.1, 0.15) is 48.8 Å². The summed E-state index contributed by atoms with van der Waals surface area (Å²) in [4.78, 5) is 13.2. The van der Waals surface area contributed by atoms with Crippen LogP contribution in [0.15, 0.2) is 85.1 Å². The highest BCUT2D eigenvalue weighted by Gasteiger charge is 2.51. The lowest BCUT2D eigenvalue weighted by atomic mass is 9.97. The summed E-state index contributed by atoms with van der Waals surface area (Å²) >= 11 is 0. The molecule has 1 amide bonds. The number of ether oxygens (including phenoxy) is 4. The fourth-order valence-electron chi connectivity index (χ4n) is 9.10. The van der Waals surface area contributed by atoms with E-state index in [1.165, 1.54) is 96.3 Å². The van der Waals surface area contributed by atoms with E-state index in [9.17, 15) is 45.6 Å². The number of amides is 1. The van der Waals surface area contributed by atoms with E-state index in [-0.39, 0.29) is 18.9 Å². The third-order valence-electron chi connectivity index (χ3n) is 13.8. The lowest BCUT2D eigenvalue weighted by Crippen LogP contribution is -2.65. The van der Waals surface area contributed by atoms with Gasteiger partial charge in [-0.15, -0.1) is 0 Å². The largest absolute Gasteiger partial charge is 0.394 e. The Hall–Kier alpha value is -2.83. The Kier molecular flexibility index (Phi) is 42.0. The first kappa shape index (κ1) is 68.3. The molecule has 12 unspecified atom stereocenters. The third kappa shape index (κ3) is 32.0. The van der Waals surface area contributed by atoms with Gasteiger partial charge in [0.15, 0.2) is 12.6 Å². The van der Waals surface area contributed by atoms with Crippen molar-refractivity contribution in [3.05, 3.63) is 85.1 Å². The molecule has 2 aliphatic rings. The number of carbonyl (C=O) groups is 1. The Morgan fingerprint density at radius 1 is 0.493 bits per heavy atom. The van der Waals surface area contributed by atoms with Crippen molar-refractivity contribution >= 4 is 5.91 Å². The zero-order chi connectivity index (χ0) is 54.6. The molecular weight excluding hydrogens is 955 g/mol. The minimum Gasteiger partial charge on any atom is -0.394 e. The smallest absolute Gasteiger partial charge is 0.220 e. The SMILES string of the molecule is CC/C=C\C/C=C\C/C=C\C/C=C\C/C=C\CCCCCCCCCCCCCCCC(=O)NC(COC1OC(CO)C(OC2OC(CO)C(O)C(O)C2O)C(O)C1O)C(O)/C=C/CC/C=C/CCCCCCCC. The van der Waals surface area contributed by atoms with Crippen molar-refractivity contribution in [2.75, 3.05) is 19.8 Å². The molecule has 2 fully saturated rings. The molecule has 14 nitrogen and oxygen atoms in total. The molecule has 0 aromatic carbocycles. The van der Waals surface area contributed by atoms with Crippen LogP contribution in [-0.4, -0.2) is 140 Å². The van der Waals surface area contributed by atoms with Crippen LogP contribution in [0.4, 0.5) is 0 Å². The van der Waals surface area contributed by atoms with E-state index in [4.69, 9.17) is 18.9 Å². The lowest BCUT2D eigenvalue weighted by molar-refractivity contribution is -0.359. The zero-order valence-electron chi connectivity index (χ0n) is 46.3. The summed E-state index contributed by atoms with van der Waals surface area (Å²) in [6, 6.07) is -0.935. The van der Waals surface area contributed by atoms with Gasteiger partial charge >= 0.3 is 0 Å². The second-order valence-corrected chi connectivity index (χ2v) is 20.4. The molecule has 0 spiro atoms. The van der Waals surface area contributed by atoms with Crippen LogP contribution >= 0.6 is 0 Å². The second kappa shape index (κ2) is 46.1. The maximum atomic E-state index is 13.2. The zero-order valence-corrected chi connectivity index (χ0v) is 46.3. The normalized spacial score (nSPS) is 25.7. The predicted octanol–water partition coefficient (Wildman–Crippen LogP) is 9.72. The summed E-state index contributed by atoms with van der Waals surface area (Å²) in [5.74, 6) is -0.255. The Balaban J connectivity index is 1.70. The van der Waals surface area contributed by atoms with Crippen LogP contribution in [-0.2, 0) is 23.7 Å². The van der Waals surface area contributed by atoms with Gasteiger partial charge in [-0.05, 0) is 77.0 Å². The molecule has 0 radical (unpaired) electrons. The minimum absolute atomic E-state index is 0.255. The van der Waals surface area contributed by atoms with Crippen LogP contribution in [0.5, 0.6) is 0 Å². The molecule has 0 aromatic heterocycles. The molecule has 2 rings (SSSR count). The van der Waals surface area contributed by atoms with Crippen molar-refractivity contribution in [2.45, 2.75) is 274 Å². The first-order valence-corrected chi connectivity index (χ1v) is 29.3. The first-order chi connectivity index (χ1) is 36.6. The van der Waals surface area contributed by atoms with Gasteiger partial charge in [0.2, 0.25) is 5.91 Å². The van der Waals surface area contributed by atoms with Gasteiger partial charge in [0.05, 0.1) is 32.0 Å². The van der Waals surface area contributed by atoms with Gasteiger partial charge in [-0.3, -0.25) is 4.79 Å². The van der Waals surface area contributed by atoms with Crippen LogP contribution in [0, 0.1) is 0 Å². The average Bonchev–Trinajstić information content (AvgIpc) is 3.41. The second-order valence-electron chi connectivity index (χ2n) is 20.4. The highest BCUT2D eigenvalue weighted by molar-refractivity contribution is 5.76. The Labute approximate surface area is 452 Å². The van der Waals surface area contributed by atoms with Crippen molar-refractivity contribution < 1.29 is 64.6 Å². The molecule has 0 bridgehead atoms. The number of aliphatic hydroxyl groups is 8. The quantitative estimate of drug-likeness (QED) is 0.0205. The molecule has 0 saturated carbocycles. The van der Waals surface area contributed by atoms with E-state index in [1.807, 2.05) is 6.08 Å². The average molecular weight is 1060 g/mol. The summed E-state index contributed by atoms with van der Waals surface area (Å²) in [6.45, 7) is 2.63. The highest BCUT2D eigenvalue weighted by atomic mass is 16.7. The predicted molar refractivity (Wildman–Crippen MR) is 300 cm³/mol. The van der Waals surface area contributed by atoms with Crippen molar-refractivity contribution in [3.63, 3.8) is 0 Å². The van der Waals surface area contributed by atoms with E-state index >= 15 is 0 Å². The van der Waals surface area contributed by atoms with E-state index in [1.54, 1.807) is 6.08 Å². The molecule has 2 heterocycles. The van der Waals surface area contributed by atoms with Crippen molar-refractivity contribution in [1.29, 1.82) is 0 Å². The Morgan fingerprint density at radius 2 is 0.933 bits per heavy atom. The number of carbonyl (C=O) groups excluding carboxylic acids is 1. The standard InChI is InChI=1S/C61H105NO13/c1-3-5-7-9-11-13-15-17-18-19-20-21-22-23-24-25-26-27-28-29-30-31-32-33-35-37-39-41-43-45-53(66)62-49(50(65)44-42-40-38-36-34-16-14-12-10-8-6-4-2)48-72-60-58(71)56(69)59(52(47-64)74-60)75-61-57(70)55(68)54(67)51(46-63)73-61/h5,7,11,13,17-18,20-21,23-24,34,36,42,44,49-52,54-61,63-65,67-71H,3-4,6,8-10,12,14-16,19,22,25-33,35,37-41,43,45-48H2,1-2H3,(H,62,66)/b7-5-,13-11-,18-17-,21-20-,24-23-,36-34+,44-42+. The third-order valence-corrected chi connectivity index (χ3v) is 13.8. The van der Waals surface area contributed by atoms with E-state index < -0.39 is 86.8 Å². The van der Waals surface area contributed by atoms with Crippen LogP contribution in [0.25, 0.3) is 0 Å². The van der Waals surface area contributed by atoms with Gasteiger partial charge in [0.25, 0.3) is 0 Å². The molecule has 9 N–H and O–H groups in total. The number of aliphatic hydroxyl groups excluding tert-OH is 8. The number of allylic oxidation sites excluding steroid dienone is 13. The van der Waals surface area contributed by atoms with Gasteiger partial charge < -0.3 is 65.1 Å². The number of unbranched alkanes of at least 4 members (excludes halogenated alkanes) is 20. The van der Waals surface area contributed by atoms with Crippen LogP contribution in [0.1, 0.15) is 200 Å². The molecular formula is C61H105NO13. The highest BCUT2D eigenvalue weighted by Crippen LogP contribution is 2.30. The van der Waals surface area contributed by atoms with Crippen LogP contribution in [0.2, 0.25) is 0 Å². The first-order valence-electron chi connectivity index (χ1n) is 29.3. The van der Waals surface area contributed by atoms with Gasteiger partial charge in [0, 0.05) is 6.42 Å².